The number of furan rings is 1. The van der Waals surface area contributed by atoms with Crippen LogP contribution in [0.5, 0.6) is 0 Å². The van der Waals surface area contributed by atoms with Crippen molar-refractivity contribution in [3.8, 4) is 22.5 Å². The molecular formula is C24H22N6O2S. The maximum absolute atomic E-state index is 11.6. The van der Waals surface area contributed by atoms with Gasteiger partial charge in [-0.15, -0.1) is 0 Å². The predicted molar refractivity (Wildman–Crippen MR) is 129 cm³/mol. The fourth-order valence-electron chi connectivity index (χ4n) is 4.64. The maximum atomic E-state index is 11.6. The molecule has 6 rings (SSSR count). The third-order valence-corrected chi connectivity index (χ3v) is 7.21. The Morgan fingerprint density at radius 2 is 2.00 bits per heavy atom. The van der Waals surface area contributed by atoms with Crippen LogP contribution in [0.15, 0.2) is 53.5 Å². The van der Waals surface area contributed by atoms with Gasteiger partial charge in [-0.1, -0.05) is 12.1 Å². The molecule has 166 valence electrons. The molecule has 0 radical (unpaired) electrons. The lowest BCUT2D eigenvalue weighted by Gasteiger charge is -2.31. The van der Waals surface area contributed by atoms with Crippen LogP contribution < -0.4 is 5.73 Å². The van der Waals surface area contributed by atoms with Gasteiger partial charge in [0.15, 0.2) is 11.4 Å². The fourth-order valence-corrected chi connectivity index (χ4v) is 5.31. The van der Waals surface area contributed by atoms with Crippen LogP contribution in [0.2, 0.25) is 0 Å². The number of fused-ring (bicyclic) bond motifs is 2. The van der Waals surface area contributed by atoms with Gasteiger partial charge >= 0.3 is 0 Å². The fraction of sp³-hybridized carbons (Fsp3) is 0.250. The molecule has 33 heavy (non-hydrogen) atoms. The van der Waals surface area contributed by atoms with Crippen LogP contribution in [0.4, 0.5) is 5.82 Å². The second kappa shape index (κ2) is 7.70. The first-order chi connectivity index (χ1) is 16.1. The van der Waals surface area contributed by atoms with E-state index in [1.54, 1.807) is 13.1 Å². The summed E-state index contributed by atoms with van der Waals surface area (Å²) in [5.41, 5.74) is 9.63. The van der Waals surface area contributed by atoms with Crippen molar-refractivity contribution in [2.45, 2.75) is 25.8 Å². The largest absolute Gasteiger partial charge is 0.452 e. The van der Waals surface area contributed by atoms with E-state index in [0.29, 0.717) is 11.4 Å². The molecule has 1 fully saturated rings. The lowest BCUT2D eigenvalue weighted by molar-refractivity contribution is -0.130. The molecule has 8 nitrogen and oxygen atoms in total. The number of likely N-dealkylation sites (tertiary alicyclic amines) is 1. The van der Waals surface area contributed by atoms with Crippen molar-refractivity contribution >= 4 is 44.3 Å². The summed E-state index contributed by atoms with van der Waals surface area (Å²) in [6.45, 7) is 3.15. The van der Waals surface area contributed by atoms with E-state index >= 15 is 0 Å². The number of benzene rings is 1. The first-order valence-corrected chi connectivity index (χ1v) is 11.7. The standard InChI is InChI=1S/C24H22N6O2S/c1-14(31)29-7-5-16(6-8-29)30-13-15(10-27-30)19-11-26-24(25)23-18(19)9-21(32-23)17-3-2-4-22-20(17)12-28-33-22/h2-4,9-13,16H,5-8H2,1H3,(H2,25,26). The summed E-state index contributed by atoms with van der Waals surface area (Å²) >= 11 is 1.46. The Labute approximate surface area is 193 Å². The molecule has 2 N–H and O–H groups in total. The molecule has 0 atom stereocenters. The molecule has 0 saturated carbocycles. The lowest BCUT2D eigenvalue weighted by atomic mass is 10.0. The van der Waals surface area contributed by atoms with Crippen molar-refractivity contribution in [3.63, 3.8) is 0 Å². The predicted octanol–water partition coefficient (Wildman–Crippen LogP) is 4.73. The number of amides is 1. The van der Waals surface area contributed by atoms with Crippen LogP contribution in [0.1, 0.15) is 25.8 Å². The van der Waals surface area contributed by atoms with Gasteiger partial charge in [-0.25, -0.2) is 4.98 Å². The van der Waals surface area contributed by atoms with Gasteiger partial charge in [0, 0.05) is 66.1 Å². The Morgan fingerprint density at radius 1 is 1.15 bits per heavy atom. The van der Waals surface area contributed by atoms with E-state index in [1.165, 1.54) is 11.5 Å². The highest BCUT2D eigenvalue weighted by Crippen LogP contribution is 2.39. The Hall–Kier alpha value is -3.72. The zero-order chi connectivity index (χ0) is 22.5. The average Bonchev–Trinajstić information content (AvgIpc) is 3.58. The minimum atomic E-state index is 0.134. The van der Waals surface area contributed by atoms with E-state index in [-0.39, 0.29) is 11.9 Å². The number of anilines is 1. The Bertz CT molecular complexity index is 1490. The number of carbonyl (C=O) groups excluding carboxylic acids is 1. The smallest absolute Gasteiger partial charge is 0.219 e. The summed E-state index contributed by atoms with van der Waals surface area (Å²) in [4.78, 5) is 17.9. The zero-order valence-electron chi connectivity index (χ0n) is 18.1. The molecule has 1 amide bonds. The highest BCUT2D eigenvalue weighted by molar-refractivity contribution is 7.13. The third kappa shape index (κ3) is 3.36. The number of piperidine rings is 1. The summed E-state index contributed by atoms with van der Waals surface area (Å²) < 4.78 is 13.6. The second-order valence-electron chi connectivity index (χ2n) is 8.40. The van der Waals surface area contributed by atoms with Crippen LogP contribution in [0, 0.1) is 0 Å². The highest BCUT2D eigenvalue weighted by atomic mass is 32.1. The summed E-state index contributed by atoms with van der Waals surface area (Å²) in [5.74, 6) is 1.23. The minimum Gasteiger partial charge on any atom is -0.452 e. The quantitative estimate of drug-likeness (QED) is 0.419. The van der Waals surface area contributed by atoms with Crippen LogP contribution in [0.3, 0.4) is 0 Å². The number of nitrogen functional groups attached to an aromatic ring is 1. The third-order valence-electron chi connectivity index (χ3n) is 6.45. The number of hydrogen-bond acceptors (Lipinski definition) is 7. The SMILES string of the molecule is CC(=O)N1CCC(n2cc(-c3cnc(N)c4oc(-c5cccc6sncc56)cc34)cn2)CC1. The normalized spacial score (nSPS) is 15.0. The molecule has 0 bridgehead atoms. The van der Waals surface area contributed by atoms with Crippen LogP contribution in [-0.4, -0.2) is 43.0 Å². The maximum Gasteiger partial charge on any atom is 0.219 e. The molecule has 1 aromatic carbocycles. The summed E-state index contributed by atoms with van der Waals surface area (Å²) in [6, 6.07) is 8.39. The first kappa shape index (κ1) is 19.9. The van der Waals surface area contributed by atoms with Gasteiger partial charge in [-0.3, -0.25) is 9.48 Å². The van der Waals surface area contributed by atoms with E-state index in [2.05, 4.69) is 26.7 Å². The van der Waals surface area contributed by atoms with Gasteiger partial charge in [-0.05, 0) is 36.5 Å². The lowest BCUT2D eigenvalue weighted by Crippen LogP contribution is -2.37. The van der Waals surface area contributed by atoms with E-state index in [9.17, 15) is 4.79 Å². The van der Waals surface area contributed by atoms with Crippen LogP contribution >= 0.6 is 11.5 Å². The van der Waals surface area contributed by atoms with Crippen molar-refractivity contribution in [1.82, 2.24) is 24.0 Å². The topological polar surface area (TPSA) is 103 Å². The van der Waals surface area contributed by atoms with Crippen molar-refractivity contribution in [2.75, 3.05) is 18.8 Å². The van der Waals surface area contributed by atoms with Crippen molar-refractivity contribution in [3.05, 3.63) is 49.1 Å². The Morgan fingerprint density at radius 3 is 2.82 bits per heavy atom. The van der Waals surface area contributed by atoms with Gasteiger partial charge in [0.1, 0.15) is 5.76 Å². The number of pyridine rings is 1. The van der Waals surface area contributed by atoms with Gasteiger partial charge in [0.25, 0.3) is 0 Å². The molecule has 0 aliphatic carbocycles. The molecule has 5 heterocycles. The van der Waals surface area contributed by atoms with Gasteiger partial charge in [0.2, 0.25) is 5.91 Å². The molecule has 1 aliphatic rings. The van der Waals surface area contributed by atoms with Gasteiger partial charge < -0.3 is 15.1 Å². The number of nitrogens with two attached hydrogens (primary N) is 1. The Balaban J connectivity index is 1.38. The van der Waals surface area contributed by atoms with Crippen LogP contribution in [0.25, 0.3) is 43.5 Å². The number of rotatable bonds is 3. The minimum absolute atomic E-state index is 0.134. The van der Waals surface area contributed by atoms with E-state index in [1.807, 2.05) is 40.2 Å². The van der Waals surface area contributed by atoms with Crippen LogP contribution in [-0.2, 0) is 4.79 Å². The molecule has 0 unspecified atom stereocenters. The van der Waals surface area contributed by atoms with Gasteiger partial charge in [-0.2, -0.15) is 9.47 Å². The molecule has 1 aliphatic heterocycles. The molecule has 9 heteroatoms. The Kier molecular flexibility index (Phi) is 4.65. The first-order valence-electron chi connectivity index (χ1n) is 10.9. The molecule has 5 aromatic rings. The summed E-state index contributed by atoms with van der Waals surface area (Å²) in [5, 5.41) is 6.59. The van der Waals surface area contributed by atoms with Crippen molar-refractivity contribution in [1.29, 1.82) is 0 Å². The second-order valence-corrected chi connectivity index (χ2v) is 9.23. The summed E-state index contributed by atoms with van der Waals surface area (Å²) in [7, 11) is 0. The molecule has 0 spiro atoms. The average molecular weight is 459 g/mol. The van der Waals surface area contributed by atoms with E-state index in [4.69, 9.17) is 10.2 Å². The van der Waals surface area contributed by atoms with E-state index < -0.39 is 0 Å². The zero-order valence-corrected chi connectivity index (χ0v) is 18.9. The number of aromatic nitrogens is 4. The highest BCUT2D eigenvalue weighted by Gasteiger charge is 2.23. The molecule has 1 saturated heterocycles. The van der Waals surface area contributed by atoms with Gasteiger partial charge in [0.05, 0.1) is 16.9 Å². The number of hydrogen-bond donors (Lipinski definition) is 1. The molecular weight excluding hydrogens is 436 g/mol. The monoisotopic (exact) mass is 458 g/mol. The summed E-state index contributed by atoms with van der Waals surface area (Å²) in [6.07, 6.45) is 9.35. The number of nitrogens with zero attached hydrogens (tertiary/aromatic N) is 5. The molecule has 4 aromatic heterocycles. The van der Waals surface area contributed by atoms with Crippen molar-refractivity contribution in [2.24, 2.45) is 0 Å². The van der Waals surface area contributed by atoms with E-state index in [0.717, 1.165) is 63.9 Å². The number of carbonyl (C=O) groups is 1. The van der Waals surface area contributed by atoms with Crippen molar-refractivity contribution < 1.29 is 9.21 Å².